The van der Waals surface area contributed by atoms with E-state index in [-0.39, 0.29) is 11.8 Å². The smallest absolute Gasteiger partial charge is 0.227 e. The molecule has 0 spiro atoms. The van der Waals surface area contributed by atoms with Gasteiger partial charge in [-0.15, -0.1) is 0 Å². The van der Waals surface area contributed by atoms with Gasteiger partial charge in [-0.05, 0) is 31.0 Å². The number of nitrogens with two attached hydrogens (primary N) is 1. The standard InChI is InChI=1S/C14H19N5O/c1-10(11-4-2-5-12(15)8-11)14(20)16-7-3-6-13-17-9-18-19-13/h2,4-5,8-10H,3,6-7,15H2,1H3,(H,16,20)(H,17,18,19). The van der Waals surface area contributed by atoms with Crippen molar-refractivity contribution in [2.45, 2.75) is 25.7 Å². The lowest BCUT2D eigenvalue weighted by Crippen LogP contribution is -2.29. The third kappa shape index (κ3) is 3.81. The Labute approximate surface area is 117 Å². The Bertz CT molecular complexity index is 552. The van der Waals surface area contributed by atoms with Gasteiger partial charge in [-0.25, -0.2) is 4.98 Å². The van der Waals surface area contributed by atoms with E-state index in [1.54, 1.807) is 0 Å². The second kappa shape index (κ2) is 6.70. The van der Waals surface area contributed by atoms with Crippen molar-refractivity contribution >= 4 is 11.6 Å². The van der Waals surface area contributed by atoms with E-state index < -0.39 is 0 Å². The van der Waals surface area contributed by atoms with Gasteiger partial charge in [-0.1, -0.05) is 12.1 Å². The number of hydrogen-bond donors (Lipinski definition) is 3. The number of anilines is 1. The minimum atomic E-state index is -0.205. The third-order valence-electron chi connectivity index (χ3n) is 3.16. The Kier molecular flexibility index (Phi) is 4.70. The molecule has 0 fully saturated rings. The molecule has 20 heavy (non-hydrogen) atoms. The molecule has 0 saturated heterocycles. The first kappa shape index (κ1) is 14.0. The minimum absolute atomic E-state index is 0.00756. The van der Waals surface area contributed by atoms with Gasteiger partial charge in [-0.2, -0.15) is 5.10 Å². The molecule has 6 nitrogen and oxygen atoms in total. The maximum atomic E-state index is 12.0. The summed E-state index contributed by atoms with van der Waals surface area (Å²) in [7, 11) is 0. The van der Waals surface area contributed by atoms with E-state index in [1.807, 2.05) is 31.2 Å². The summed E-state index contributed by atoms with van der Waals surface area (Å²) in [5, 5.41) is 9.49. The van der Waals surface area contributed by atoms with Crippen LogP contribution in [0.25, 0.3) is 0 Å². The summed E-state index contributed by atoms with van der Waals surface area (Å²) in [6.07, 6.45) is 3.08. The zero-order valence-corrected chi connectivity index (χ0v) is 11.5. The summed E-state index contributed by atoms with van der Waals surface area (Å²) in [6, 6.07) is 7.41. The van der Waals surface area contributed by atoms with E-state index >= 15 is 0 Å². The summed E-state index contributed by atoms with van der Waals surface area (Å²) in [6.45, 7) is 2.49. The predicted octanol–water partition coefficient (Wildman–Crippen LogP) is 1.24. The Morgan fingerprint density at radius 2 is 2.35 bits per heavy atom. The van der Waals surface area contributed by atoms with Gasteiger partial charge in [0.05, 0.1) is 5.92 Å². The highest BCUT2D eigenvalue weighted by atomic mass is 16.1. The van der Waals surface area contributed by atoms with Crippen molar-refractivity contribution in [3.8, 4) is 0 Å². The molecule has 1 aromatic carbocycles. The summed E-state index contributed by atoms with van der Waals surface area (Å²) >= 11 is 0. The van der Waals surface area contributed by atoms with Crippen LogP contribution >= 0.6 is 0 Å². The highest BCUT2D eigenvalue weighted by molar-refractivity contribution is 5.83. The fourth-order valence-electron chi connectivity index (χ4n) is 1.95. The number of amides is 1. The lowest BCUT2D eigenvalue weighted by atomic mass is 10.00. The van der Waals surface area contributed by atoms with Gasteiger partial charge < -0.3 is 11.1 Å². The molecule has 1 amide bonds. The van der Waals surface area contributed by atoms with Crippen LogP contribution in [0.3, 0.4) is 0 Å². The van der Waals surface area contributed by atoms with E-state index in [2.05, 4.69) is 20.5 Å². The number of carbonyl (C=O) groups is 1. The van der Waals surface area contributed by atoms with Crippen LogP contribution in [0.1, 0.15) is 30.7 Å². The highest BCUT2D eigenvalue weighted by Gasteiger charge is 2.14. The zero-order chi connectivity index (χ0) is 14.4. The number of aromatic nitrogens is 3. The summed E-state index contributed by atoms with van der Waals surface area (Å²) < 4.78 is 0. The van der Waals surface area contributed by atoms with Crippen LogP contribution < -0.4 is 11.1 Å². The van der Waals surface area contributed by atoms with Crippen molar-refractivity contribution in [1.29, 1.82) is 0 Å². The number of carbonyl (C=O) groups excluding carboxylic acids is 1. The molecular formula is C14H19N5O. The normalized spacial score (nSPS) is 12.1. The van der Waals surface area contributed by atoms with Crippen LogP contribution in [-0.4, -0.2) is 27.6 Å². The Morgan fingerprint density at radius 1 is 1.50 bits per heavy atom. The van der Waals surface area contributed by atoms with Gasteiger partial charge in [0.25, 0.3) is 0 Å². The summed E-state index contributed by atoms with van der Waals surface area (Å²) in [5.74, 6) is 0.639. The van der Waals surface area contributed by atoms with Gasteiger partial charge in [0.15, 0.2) is 0 Å². The van der Waals surface area contributed by atoms with E-state index in [4.69, 9.17) is 5.73 Å². The van der Waals surface area contributed by atoms with Crippen LogP contribution in [0.2, 0.25) is 0 Å². The first-order chi connectivity index (χ1) is 9.66. The van der Waals surface area contributed by atoms with Crippen molar-refractivity contribution in [1.82, 2.24) is 20.5 Å². The lowest BCUT2D eigenvalue weighted by molar-refractivity contribution is -0.122. The number of benzene rings is 1. The molecule has 6 heteroatoms. The molecule has 4 N–H and O–H groups in total. The average Bonchev–Trinajstić information content (AvgIpc) is 2.95. The van der Waals surface area contributed by atoms with Crippen molar-refractivity contribution in [3.05, 3.63) is 42.0 Å². The molecule has 2 aromatic rings. The van der Waals surface area contributed by atoms with E-state index in [9.17, 15) is 4.79 Å². The first-order valence-corrected chi connectivity index (χ1v) is 6.64. The maximum absolute atomic E-state index is 12.0. The topological polar surface area (TPSA) is 96.7 Å². The second-order valence-electron chi connectivity index (χ2n) is 4.72. The van der Waals surface area contributed by atoms with Crippen LogP contribution in [-0.2, 0) is 11.2 Å². The fourth-order valence-corrected chi connectivity index (χ4v) is 1.95. The second-order valence-corrected chi connectivity index (χ2v) is 4.72. The summed E-state index contributed by atoms with van der Waals surface area (Å²) in [5.41, 5.74) is 7.33. The van der Waals surface area contributed by atoms with Gasteiger partial charge in [0, 0.05) is 18.7 Å². The number of nitrogens with one attached hydrogen (secondary N) is 2. The molecule has 1 heterocycles. The van der Waals surface area contributed by atoms with Crippen LogP contribution in [0.4, 0.5) is 5.69 Å². The highest BCUT2D eigenvalue weighted by Crippen LogP contribution is 2.17. The lowest BCUT2D eigenvalue weighted by Gasteiger charge is -2.12. The van der Waals surface area contributed by atoms with Crippen molar-refractivity contribution in [2.75, 3.05) is 12.3 Å². The fraction of sp³-hybridized carbons (Fsp3) is 0.357. The number of rotatable bonds is 6. The number of aromatic amines is 1. The monoisotopic (exact) mass is 273 g/mol. The third-order valence-corrected chi connectivity index (χ3v) is 3.16. The Balaban J connectivity index is 1.76. The average molecular weight is 273 g/mol. The first-order valence-electron chi connectivity index (χ1n) is 6.64. The van der Waals surface area contributed by atoms with Crippen molar-refractivity contribution in [2.24, 2.45) is 0 Å². The minimum Gasteiger partial charge on any atom is -0.399 e. The van der Waals surface area contributed by atoms with Gasteiger partial charge in [0.1, 0.15) is 12.2 Å². The maximum Gasteiger partial charge on any atom is 0.227 e. The number of hydrogen-bond acceptors (Lipinski definition) is 4. The Hall–Kier alpha value is -2.37. The molecule has 1 atom stereocenters. The molecule has 1 aromatic heterocycles. The number of H-pyrrole nitrogens is 1. The zero-order valence-electron chi connectivity index (χ0n) is 11.5. The number of nitrogens with zero attached hydrogens (tertiary/aromatic N) is 2. The van der Waals surface area contributed by atoms with E-state index in [0.29, 0.717) is 12.2 Å². The SMILES string of the molecule is CC(C(=O)NCCCc1ncn[nH]1)c1cccc(N)c1. The molecule has 0 aliphatic heterocycles. The number of nitrogen functional groups attached to an aromatic ring is 1. The molecule has 2 rings (SSSR count). The van der Waals surface area contributed by atoms with Crippen LogP contribution in [0.15, 0.2) is 30.6 Å². The van der Waals surface area contributed by atoms with Crippen LogP contribution in [0, 0.1) is 0 Å². The number of aryl methyl sites for hydroxylation is 1. The largest absolute Gasteiger partial charge is 0.399 e. The van der Waals surface area contributed by atoms with Crippen molar-refractivity contribution < 1.29 is 4.79 Å². The molecule has 0 bridgehead atoms. The molecule has 0 saturated carbocycles. The van der Waals surface area contributed by atoms with Gasteiger partial charge >= 0.3 is 0 Å². The van der Waals surface area contributed by atoms with Crippen molar-refractivity contribution in [3.63, 3.8) is 0 Å². The van der Waals surface area contributed by atoms with Crippen LogP contribution in [0.5, 0.6) is 0 Å². The predicted molar refractivity (Wildman–Crippen MR) is 77.0 cm³/mol. The molecular weight excluding hydrogens is 254 g/mol. The van der Waals surface area contributed by atoms with E-state index in [1.165, 1.54) is 6.33 Å². The van der Waals surface area contributed by atoms with E-state index in [0.717, 1.165) is 24.2 Å². The van der Waals surface area contributed by atoms with Gasteiger partial charge in [0.2, 0.25) is 5.91 Å². The molecule has 1 unspecified atom stereocenters. The summed E-state index contributed by atoms with van der Waals surface area (Å²) in [4.78, 5) is 16.1. The molecule has 0 aliphatic rings. The molecule has 0 radical (unpaired) electrons. The Morgan fingerprint density at radius 3 is 3.05 bits per heavy atom. The van der Waals surface area contributed by atoms with Gasteiger partial charge in [-0.3, -0.25) is 9.89 Å². The molecule has 0 aliphatic carbocycles. The molecule has 106 valence electrons. The quantitative estimate of drug-likeness (QED) is 0.545.